The van der Waals surface area contributed by atoms with Gasteiger partial charge in [0, 0.05) is 6.54 Å². The van der Waals surface area contributed by atoms with E-state index < -0.39 is 5.79 Å². The Morgan fingerprint density at radius 2 is 2.11 bits per heavy atom. The number of hydrogen-bond donors (Lipinski definition) is 4. The molecule has 0 amide bonds. The lowest BCUT2D eigenvalue weighted by Gasteiger charge is -2.18. The van der Waals surface area contributed by atoms with E-state index in [1.54, 1.807) is 13.0 Å². The van der Waals surface area contributed by atoms with Crippen LogP contribution in [0.1, 0.15) is 6.92 Å². The second-order valence-electron chi connectivity index (χ2n) is 2.09. The van der Waals surface area contributed by atoms with Gasteiger partial charge in [0.2, 0.25) is 0 Å². The van der Waals surface area contributed by atoms with Crippen LogP contribution in [0.3, 0.4) is 0 Å². The smallest absolute Gasteiger partial charge is 0.115 e. The standard InChI is InChI=1S/C5H14N4/c1-5(7,8)9-4-2-3-6/h2-3,9H,4,6-8H2,1H3. The van der Waals surface area contributed by atoms with E-state index in [-0.39, 0.29) is 0 Å². The minimum atomic E-state index is -0.806. The Morgan fingerprint density at radius 1 is 1.56 bits per heavy atom. The Bertz CT molecular complexity index is 91.6. The van der Waals surface area contributed by atoms with Crippen LogP contribution in [-0.4, -0.2) is 12.3 Å². The van der Waals surface area contributed by atoms with E-state index in [1.807, 2.05) is 0 Å². The average molecular weight is 130 g/mol. The molecular weight excluding hydrogens is 116 g/mol. The number of nitrogens with two attached hydrogens (primary N) is 3. The molecule has 0 atom stereocenters. The lowest BCUT2D eigenvalue weighted by atomic mass is 10.4. The van der Waals surface area contributed by atoms with Crippen LogP contribution in [0.15, 0.2) is 12.3 Å². The highest BCUT2D eigenvalue weighted by Gasteiger charge is 2.05. The maximum absolute atomic E-state index is 5.37. The van der Waals surface area contributed by atoms with E-state index in [0.717, 1.165) is 0 Å². The molecule has 0 aromatic carbocycles. The van der Waals surface area contributed by atoms with Crippen molar-refractivity contribution in [1.29, 1.82) is 0 Å². The first-order chi connectivity index (χ1) is 4.06. The first-order valence-electron chi connectivity index (χ1n) is 2.76. The van der Waals surface area contributed by atoms with E-state index in [1.165, 1.54) is 6.20 Å². The fourth-order valence-electron chi connectivity index (χ4n) is 0.347. The SMILES string of the molecule is CC(N)(N)NCC=CN. The van der Waals surface area contributed by atoms with Gasteiger partial charge in [-0.2, -0.15) is 0 Å². The molecule has 0 aromatic rings. The molecule has 0 spiro atoms. The summed E-state index contributed by atoms with van der Waals surface area (Å²) >= 11 is 0. The van der Waals surface area contributed by atoms with Crippen molar-refractivity contribution in [1.82, 2.24) is 5.32 Å². The van der Waals surface area contributed by atoms with Crippen LogP contribution in [0, 0.1) is 0 Å². The van der Waals surface area contributed by atoms with Gasteiger partial charge in [0.15, 0.2) is 0 Å². The van der Waals surface area contributed by atoms with E-state index in [0.29, 0.717) is 6.54 Å². The zero-order chi connectivity index (χ0) is 7.33. The molecule has 54 valence electrons. The second kappa shape index (κ2) is 3.45. The number of nitrogens with one attached hydrogen (secondary N) is 1. The summed E-state index contributed by atoms with van der Waals surface area (Å²) < 4.78 is 0. The maximum atomic E-state index is 5.37. The van der Waals surface area contributed by atoms with Crippen LogP contribution < -0.4 is 22.5 Å². The van der Waals surface area contributed by atoms with Gasteiger partial charge in [-0.15, -0.1) is 0 Å². The van der Waals surface area contributed by atoms with Crippen molar-refractivity contribution in [3.63, 3.8) is 0 Å². The van der Waals surface area contributed by atoms with Crippen molar-refractivity contribution in [2.45, 2.75) is 12.7 Å². The van der Waals surface area contributed by atoms with Gasteiger partial charge in [-0.25, -0.2) is 0 Å². The van der Waals surface area contributed by atoms with Crippen LogP contribution in [-0.2, 0) is 0 Å². The van der Waals surface area contributed by atoms with Crippen LogP contribution in [0.2, 0.25) is 0 Å². The fourth-order valence-corrected chi connectivity index (χ4v) is 0.347. The van der Waals surface area contributed by atoms with E-state index in [2.05, 4.69) is 5.32 Å². The van der Waals surface area contributed by atoms with Crippen LogP contribution in [0.5, 0.6) is 0 Å². The highest BCUT2D eigenvalue weighted by molar-refractivity contribution is 4.81. The largest absolute Gasteiger partial charge is 0.405 e. The van der Waals surface area contributed by atoms with Gasteiger partial charge in [-0.1, -0.05) is 6.08 Å². The molecule has 0 radical (unpaired) electrons. The molecule has 0 rings (SSSR count). The van der Waals surface area contributed by atoms with Crippen molar-refractivity contribution in [3.05, 3.63) is 12.3 Å². The molecule has 4 heteroatoms. The minimum absolute atomic E-state index is 0.597. The maximum Gasteiger partial charge on any atom is 0.115 e. The Hall–Kier alpha value is -0.580. The van der Waals surface area contributed by atoms with E-state index in [9.17, 15) is 0 Å². The Balaban J connectivity index is 3.28. The topological polar surface area (TPSA) is 90.1 Å². The molecule has 9 heavy (non-hydrogen) atoms. The van der Waals surface area contributed by atoms with Gasteiger partial charge in [0.05, 0.1) is 0 Å². The zero-order valence-electron chi connectivity index (χ0n) is 5.59. The molecule has 0 aliphatic rings. The van der Waals surface area contributed by atoms with Crippen LogP contribution in [0.25, 0.3) is 0 Å². The molecule has 0 unspecified atom stereocenters. The molecule has 0 bridgehead atoms. The van der Waals surface area contributed by atoms with Gasteiger partial charge in [0.25, 0.3) is 0 Å². The van der Waals surface area contributed by atoms with Gasteiger partial charge < -0.3 is 17.2 Å². The first kappa shape index (κ1) is 8.42. The predicted octanol–water partition coefficient (Wildman–Crippen LogP) is -1.36. The molecule has 7 N–H and O–H groups in total. The summed E-state index contributed by atoms with van der Waals surface area (Å²) in [6, 6.07) is 0. The molecule has 0 aromatic heterocycles. The van der Waals surface area contributed by atoms with Gasteiger partial charge in [-0.3, -0.25) is 5.32 Å². The van der Waals surface area contributed by atoms with Crippen molar-refractivity contribution in [2.75, 3.05) is 6.54 Å². The first-order valence-corrected chi connectivity index (χ1v) is 2.76. The van der Waals surface area contributed by atoms with Crippen LogP contribution >= 0.6 is 0 Å². The highest BCUT2D eigenvalue weighted by atomic mass is 15.2. The van der Waals surface area contributed by atoms with Crippen molar-refractivity contribution in [3.8, 4) is 0 Å². The summed E-state index contributed by atoms with van der Waals surface area (Å²) in [5.41, 5.74) is 15.8. The zero-order valence-corrected chi connectivity index (χ0v) is 5.59. The van der Waals surface area contributed by atoms with E-state index in [4.69, 9.17) is 17.2 Å². The summed E-state index contributed by atoms with van der Waals surface area (Å²) in [6.07, 6.45) is 3.18. The van der Waals surface area contributed by atoms with Gasteiger partial charge >= 0.3 is 0 Å². The summed E-state index contributed by atoms with van der Waals surface area (Å²) in [5, 5.41) is 2.81. The lowest BCUT2D eigenvalue weighted by molar-refractivity contribution is 0.401. The normalized spacial score (nSPS) is 12.8. The van der Waals surface area contributed by atoms with E-state index >= 15 is 0 Å². The molecule has 0 saturated heterocycles. The molecule has 0 fully saturated rings. The Labute approximate surface area is 55.1 Å². The molecular formula is C5H14N4. The third-order valence-electron chi connectivity index (χ3n) is 0.737. The van der Waals surface area contributed by atoms with Crippen LogP contribution in [0.4, 0.5) is 0 Å². The van der Waals surface area contributed by atoms with Crippen molar-refractivity contribution >= 4 is 0 Å². The summed E-state index contributed by atoms with van der Waals surface area (Å²) in [7, 11) is 0. The quantitative estimate of drug-likeness (QED) is 0.355. The third-order valence-corrected chi connectivity index (χ3v) is 0.737. The summed E-state index contributed by atoms with van der Waals surface area (Å²) in [5.74, 6) is -0.806. The van der Waals surface area contributed by atoms with Gasteiger partial charge in [-0.05, 0) is 13.1 Å². The second-order valence-corrected chi connectivity index (χ2v) is 2.09. The molecule has 4 nitrogen and oxygen atoms in total. The van der Waals surface area contributed by atoms with Gasteiger partial charge in [0.1, 0.15) is 5.79 Å². The van der Waals surface area contributed by atoms with Crippen molar-refractivity contribution < 1.29 is 0 Å². The summed E-state index contributed by atoms with van der Waals surface area (Å²) in [6.45, 7) is 2.28. The van der Waals surface area contributed by atoms with Crippen molar-refractivity contribution in [2.24, 2.45) is 17.2 Å². The minimum Gasteiger partial charge on any atom is -0.405 e. The number of hydrogen-bond acceptors (Lipinski definition) is 4. The lowest BCUT2D eigenvalue weighted by Crippen LogP contribution is -2.58. The molecule has 0 aliphatic carbocycles. The molecule has 0 heterocycles. The third kappa shape index (κ3) is 7.42. The summed E-state index contributed by atoms with van der Waals surface area (Å²) in [4.78, 5) is 0. The monoisotopic (exact) mass is 130 g/mol. The molecule has 0 aliphatic heterocycles. The highest BCUT2D eigenvalue weighted by Crippen LogP contribution is 1.77. The molecule has 0 saturated carbocycles. The Morgan fingerprint density at radius 3 is 2.44 bits per heavy atom. The average Bonchev–Trinajstić information content (AvgIpc) is 1.63. The Kier molecular flexibility index (Phi) is 3.22. The predicted molar refractivity (Wildman–Crippen MR) is 38.1 cm³/mol. The number of rotatable bonds is 3. The fraction of sp³-hybridized carbons (Fsp3) is 0.600.